The average molecular weight is 310 g/mol. The van der Waals surface area contributed by atoms with Crippen molar-refractivity contribution in [3.8, 4) is 0 Å². The van der Waals surface area contributed by atoms with E-state index in [1.165, 1.54) is 44.1 Å². The number of benzene rings is 1. The minimum Gasteiger partial charge on any atom is -0.330 e. The van der Waals surface area contributed by atoms with E-state index in [1.807, 2.05) is 6.07 Å². The van der Waals surface area contributed by atoms with Crippen molar-refractivity contribution in [1.29, 1.82) is 0 Å². The van der Waals surface area contributed by atoms with Crippen LogP contribution in [0.25, 0.3) is 0 Å². The molecular formula is C17H21Cl2N. The van der Waals surface area contributed by atoms with Gasteiger partial charge >= 0.3 is 0 Å². The average Bonchev–Trinajstić information content (AvgIpc) is 2.40. The van der Waals surface area contributed by atoms with E-state index in [1.54, 1.807) is 0 Å². The molecule has 1 nitrogen and oxygen atoms in total. The zero-order valence-corrected chi connectivity index (χ0v) is 13.2. The summed E-state index contributed by atoms with van der Waals surface area (Å²) >= 11 is 12.4. The summed E-state index contributed by atoms with van der Waals surface area (Å²) < 4.78 is 0. The molecule has 4 fully saturated rings. The first kappa shape index (κ1) is 13.4. The molecule has 3 heteroatoms. The number of hydrogen-bond acceptors (Lipinski definition) is 1. The first-order valence-electron chi connectivity index (χ1n) is 7.70. The van der Waals surface area contributed by atoms with Crippen LogP contribution in [-0.2, 0) is 5.41 Å². The van der Waals surface area contributed by atoms with E-state index in [9.17, 15) is 0 Å². The molecule has 2 N–H and O–H groups in total. The van der Waals surface area contributed by atoms with E-state index in [0.29, 0.717) is 20.9 Å². The summed E-state index contributed by atoms with van der Waals surface area (Å²) in [5.74, 6) is 1.74. The normalized spacial score (nSPS) is 42.1. The number of halogens is 2. The van der Waals surface area contributed by atoms with Crippen molar-refractivity contribution in [2.45, 2.75) is 43.9 Å². The smallest absolute Gasteiger partial charge is 0.0595 e. The van der Waals surface area contributed by atoms with E-state index in [-0.39, 0.29) is 0 Å². The van der Waals surface area contributed by atoms with Crippen LogP contribution >= 0.6 is 23.2 Å². The Morgan fingerprint density at radius 1 is 1.05 bits per heavy atom. The van der Waals surface area contributed by atoms with Crippen LogP contribution in [0.4, 0.5) is 0 Å². The minimum atomic E-state index is 0.317. The highest BCUT2D eigenvalue weighted by molar-refractivity contribution is 6.42. The molecule has 0 spiro atoms. The van der Waals surface area contributed by atoms with Crippen molar-refractivity contribution in [1.82, 2.24) is 0 Å². The van der Waals surface area contributed by atoms with E-state index in [4.69, 9.17) is 28.9 Å². The summed E-state index contributed by atoms with van der Waals surface area (Å²) in [7, 11) is 0. The molecule has 4 aliphatic carbocycles. The SMILES string of the molecule is NCC12C[C@H]3C[C@H](C1)CC(c1ccc(Cl)c(Cl)c1)(C3)C2. The van der Waals surface area contributed by atoms with Crippen molar-refractivity contribution >= 4 is 23.2 Å². The Balaban J connectivity index is 1.78. The fraction of sp³-hybridized carbons (Fsp3) is 0.647. The Labute approximate surface area is 130 Å². The predicted molar refractivity (Wildman–Crippen MR) is 84.3 cm³/mol. The summed E-state index contributed by atoms with van der Waals surface area (Å²) in [6.45, 7) is 0.850. The summed E-state index contributed by atoms with van der Waals surface area (Å²) in [5.41, 5.74) is 8.29. The summed E-state index contributed by atoms with van der Waals surface area (Å²) in [6, 6.07) is 6.28. The van der Waals surface area contributed by atoms with E-state index < -0.39 is 0 Å². The van der Waals surface area contributed by atoms with Crippen molar-refractivity contribution < 1.29 is 0 Å². The standard InChI is InChI=1S/C17H21Cl2N/c18-14-2-1-13(4-15(14)19)17-7-11-3-12(8-17)6-16(5-11,9-17)10-20/h1-2,4,11-12H,3,5-10,20H2/t11-,12-,16?,17?/m1/s1. The van der Waals surface area contributed by atoms with Gasteiger partial charge in [0.15, 0.2) is 0 Å². The highest BCUT2D eigenvalue weighted by atomic mass is 35.5. The lowest BCUT2D eigenvalue weighted by Crippen LogP contribution is -2.56. The van der Waals surface area contributed by atoms with Crippen LogP contribution in [0.2, 0.25) is 10.0 Å². The molecule has 0 aliphatic heterocycles. The van der Waals surface area contributed by atoms with Gasteiger partial charge in [-0.05, 0) is 85.4 Å². The minimum absolute atomic E-state index is 0.317. The fourth-order valence-corrected chi connectivity index (χ4v) is 6.15. The van der Waals surface area contributed by atoms with Gasteiger partial charge < -0.3 is 5.73 Å². The van der Waals surface area contributed by atoms with E-state index in [2.05, 4.69) is 12.1 Å². The van der Waals surface area contributed by atoms with Gasteiger partial charge in [-0.2, -0.15) is 0 Å². The van der Waals surface area contributed by atoms with Crippen LogP contribution in [0.1, 0.15) is 44.1 Å². The van der Waals surface area contributed by atoms with E-state index >= 15 is 0 Å². The fourth-order valence-electron chi connectivity index (χ4n) is 5.85. The first-order chi connectivity index (χ1) is 9.54. The molecule has 108 valence electrons. The monoisotopic (exact) mass is 309 g/mol. The van der Waals surface area contributed by atoms with Gasteiger partial charge in [0, 0.05) is 0 Å². The van der Waals surface area contributed by atoms with Gasteiger partial charge in [-0.3, -0.25) is 0 Å². The predicted octanol–water partition coefficient (Wildman–Crippen LogP) is 4.79. The van der Waals surface area contributed by atoms with Gasteiger partial charge in [-0.15, -0.1) is 0 Å². The lowest BCUT2D eigenvalue weighted by atomic mass is 9.43. The molecule has 0 saturated heterocycles. The number of hydrogen-bond donors (Lipinski definition) is 1. The molecule has 0 radical (unpaired) electrons. The lowest BCUT2D eigenvalue weighted by molar-refractivity contribution is -0.0666. The molecule has 0 amide bonds. The zero-order chi connectivity index (χ0) is 14.0. The maximum atomic E-state index is 6.27. The summed E-state index contributed by atoms with van der Waals surface area (Å²) in [5, 5.41) is 1.36. The molecule has 4 aliphatic rings. The molecule has 5 rings (SSSR count). The molecule has 0 aromatic heterocycles. The van der Waals surface area contributed by atoms with Gasteiger partial charge in [-0.1, -0.05) is 29.3 Å². The quantitative estimate of drug-likeness (QED) is 0.835. The Hall–Kier alpha value is -0.240. The van der Waals surface area contributed by atoms with Crippen LogP contribution < -0.4 is 5.73 Å². The zero-order valence-electron chi connectivity index (χ0n) is 11.7. The third kappa shape index (κ3) is 1.86. The molecule has 1 aromatic carbocycles. The molecule has 0 unspecified atom stereocenters. The number of nitrogens with two attached hydrogens (primary N) is 1. The topological polar surface area (TPSA) is 26.0 Å². The highest BCUT2D eigenvalue weighted by Crippen LogP contribution is 2.65. The lowest BCUT2D eigenvalue weighted by Gasteiger charge is -2.62. The van der Waals surface area contributed by atoms with Crippen molar-refractivity contribution in [2.24, 2.45) is 23.0 Å². The Bertz CT molecular complexity index is 540. The molecule has 20 heavy (non-hydrogen) atoms. The molecule has 4 saturated carbocycles. The molecule has 1 aromatic rings. The van der Waals surface area contributed by atoms with Crippen molar-refractivity contribution in [2.75, 3.05) is 6.54 Å². The highest BCUT2D eigenvalue weighted by Gasteiger charge is 2.57. The molecule has 0 heterocycles. The van der Waals surface area contributed by atoms with Gasteiger partial charge in [0.25, 0.3) is 0 Å². The summed E-state index contributed by atoms with van der Waals surface area (Å²) in [6.07, 6.45) is 8.02. The van der Waals surface area contributed by atoms with Crippen LogP contribution in [0.5, 0.6) is 0 Å². The Morgan fingerprint density at radius 3 is 2.35 bits per heavy atom. The first-order valence-corrected chi connectivity index (χ1v) is 8.45. The van der Waals surface area contributed by atoms with Crippen LogP contribution in [-0.4, -0.2) is 6.54 Å². The third-order valence-corrected chi connectivity index (χ3v) is 6.89. The second-order valence-corrected chi connectivity index (χ2v) is 8.39. The Kier molecular flexibility index (Phi) is 2.94. The number of rotatable bonds is 2. The Morgan fingerprint density at radius 2 is 1.75 bits per heavy atom. The molecule has 2 atom stereocenters. The summed E-state index contributed by atoms with van der Waals surface area (Å²) in [4.78, 5) is 0. The van der Waals surface area contributed by atoms with Gasteiger partial charge in [-0.25, -0.2) is 0 Å². The second kappa shape index (κ2) is 4.38. The molecular weight excluding hydrogens is 289 g/mol. The van der Waals surface area contributed by atoms with Gasteiger partial charge in [0.1, 0.15) is 0 Å². The van der Waals surface area contributed by atoms with Crippen LogP contribution in [0.3, 0.4) is 0 Å². The van der Waals surface area contributed by atoms with E-state index in [0.717, 1.165) is 18.4 Å². The van der Waals surface area contributed by atoms with Gasteiger partial charge in [0.2, 0.25) is 0 Å². The third-order valence-electron chi connectivity index (χ3n) is 6.15. The van der Waals surface area contributed by atoms with Crippen molar-refractivity contribution in [3.05, 3.63) is 33.8 Å². The van der Waals surface area contributed by atoms with Crippen molar-refractivity contribution in [3.63, 3.8) is 0 Å². The molecule has 4 bridgehead atoms. The second-order valence-electron chi connectivity index (χ2n) is 7.57. The maximum Gasteiger partial charge on any atom is 0.0595 e. The van der Waals surface area contributed by atoms with Crippen LogP contribution in [0.15, 0.2) is 18.2 Å². The maximum absolute atomic E-state index is 6.27. The van der Waals surface area contributed by atoms with Gasteiger partial charge in [0.05, 0.1) is 10.0 Å². The van der Waals surface area contributed by atoms with Crippen LogP contribution in [0, 0.1) is 17.3 Å². The largest absolute Gasteiger partial charge is 0.330 e.